The van der Waals surface area contributed by atoms with Crippen LogP contribution in [0.25, 0.3) is 0 Å². The SMILES string of the molecule is [CH2]COCCOCCOP(=O)(O)O. The van der Waals surface area contributed by atoms with Gasteiger partial charge in [-0.25, -0.2) is 4.57 Å². The Kier molecular flexibility index (Phi) is 7.45. The molecule has 6 nitrogen and oxygen atoms in total. The molecule has 0 aromatic heterocycles. The van der Waals surface area contributed by atoms with Crippen molar-refractivity contribution in [3.05, 3.63) is 6.92 Å². The molecule has 1 radical (unpaired) electrons. The van der Waals surface area contributed by atoms with Gasteiger partial charge in [0.25, 0.3) is 0 Å². The Balaban J connectivity index is 3.04. The summed E-state index contributed by atoms with van der Waals surface area (Å²) >= 11 is 0. The molecule has 7 heteroatoms. The first-order valence-corrected chi connectivity index (χ1v) is 5.24. The summed E-state index contributed by atoms with van der Waals surface area (Å²) in [4.78, 5) is 16.5. The highest BCUT2D eigenvalue weighted by Gasteiger charge is 2.12. The molecule has 0 spiro atoms. The minimum Gasteiger partial charge on any atom is -0.379 e. The summed E-state index contributed by atoms with van der Waals surface area (Å²) in [6.07, 6.45) is 0. The number of ether oxygens (including phenoxy) is 2. The third-order valence-corrected chi connectivity index (χ3v) is 1.52. The lowest BCUT2D eigenvalue weighted by Gasteiger charge is -2.05. The fourth-order valence-corrected chi connectivity index (χ4v) is 0.849. The van der Waals surface area contributed by atoms with Crippen molar-refractivity contribution in [2.24, 2.45) is 0 Å². The second-order valence-corrected chi connectivity index (χ2v) is 3.29. The maximum Gasteiger partial charge on any atom is 0.469 e. The van der Waals surface area contributed by atoms with Crippen LogP contribution in [0.3, 0.4) is 0 Å². The molecule has 0 aromatic rings. The quantitative estimate of drug-likeness (QED) is 0.434. The molecule has 0 rings (SSSR count). The molecular formula is C6H14O6P. The molecule has 79 valence electrons. The second-order valence-electron chi connectivity index (χ2n) is 2.05. The third-order valence-electron chi connectivity index (χ3n) is 1.00. The molecule has 0 unspecified atom stereocenters. The molecule has 0 aliphatic rings. The van der Waals surface area contributed by atoms with Crippen LogP contribution in [0.4, 0.5) is 0 Å². The average molecular weight is 213 g/mol. The van der Waals surface area contributed by atoms with Gasteiger partial charge < -0.3 is 19.3 Å². The first kappa shape index (κ1) is 13.0. The van der Waals surface area contributed by atoms with E-state index in [0.29, 0.717) is 19.8 Å². The summed E-state index contributed by atoms with van der Waals surface area (Å²) in [6.45, 7) is 4.60. The van der Waals surface area contributed by atoms with Crippen LogP contribution in [-0.4, -0.2) is 42.8 Å². The zero-order valence-corrected chi connectivity index (χ0v) is 8.11. The highest BCUT2D eigenvalue weighted by molar-refractivity contribution is 7.46. The maximum atomic E-state index is 10.2. The summed E-state index contributed by atoms with van der Waals surface area (Å²) in [5.41, 5.74) is 0. The van der Waals surface area contributed by atoms with Gasteiger partial charge in [0, 0.05) is 6.61 Å². The molecule has 0 saturated heterocycles. The van der Waals surface area contributed by atoms with Crippen LogP contribution in [0.1, 0.15) is 0 Å². The van der Waals surface area contributed by atoms with Crippen LogP contribution < -0.4 is 0 Å². The Labute approximate surface area is 77.0 Å². The second kappa shape index (κ2) is 7.44. The highest BCUT2D eigenvalue weighted by atomic mass is 31.2. The minimum atomic E-state index is -4.35. The Bertz CT molecular complexity index is 155. The van der Waals surface area contributed by atoms with Gasteiger partial charge >= 0.3 is 7.82 Å². The van der Waals surface area contributed by atoms with Gasteiger partial charge in [0.2, 0.25) is 0 Å². The van der Waals surface area contributed by atoms with Gasteiger partial charge in [0.05, 0.1) is 26.4 Å². The molecule has 2 N–H and O–H groups in total. The van der Waals surface area contributed by atoms with E-state index in [1.54, 1.807) is 0 Å². The normalized spacial score (nSPS) is 11.9. The molecule has 0 aliphatic carbocycles. The summed E-state index contributed by atoms with van der Waals surface area (Å²) in [6, 6.07) is 0. The Hall–Kier alpha value is 0.0300. The molecule has 0 fully saturated rings. The van der Waals surface area contributed by atoms with E-state index in [0.717, 1.165) is 0 Å². The fraction of sp³-hybridized carbons (Fsp3) is 0.833. The number of rotatable bonds is 8. The van der Waals surface area contributed by atoms with E-state index >= 15 is 0 Å². The van der Waals surface area contributed by atoms with Crippen molar-refractivity contribution >= 4 is 7.82 Å². The number of hydrogen-bond donors (Lipinski definition) is 2. The van der Waals surface area contributed by atoms with Crippen LogP contribution in [0.5, 0.6) is 0 Å². The zero-order chi connectivity index (χ0) is 10.2. The van der Waals surface area contributed by atoms with Crippen molar-refractivity contribution in [3.8, 4) is 0 Å². The standard InChI is InChI=1S/C6H14O6P/c1-2-10-3-4-11-5-6-12-13(7,8)9/h1-6H2,(H2,7,8,9). The van der Waals surface area contributed by atoms with Crippen LogP contribution in [0, 0.1) is 6.92 Å². The van der Waals surface area contributed by atoms with Crippen molar-refractivity contribution in [2.45, 2.75) is 0 Å². The minimum absolute atomic E-state index is 0.130. The molecule has 0 atom stereocenters. The van der Waals surface area contributed by atoms with E-state index < -0.39 is 7.82 Å². The van der Waals surface area contributed by atoms with Crippen molar-refractivity contribution in [3.63, 3.8) is 0 Å². The topological polar surface area (TPSA) is 85.2 Å². The first-order chi connectivity index (χ1) is 6.06. The third kappa shape index (κ3) is 12.0. The summed E-state index contributed by atoms with van der Waals surface area (Å²) < 4.78 is 24.0. The van der Waals surface area contributed by atoms with Crippen molar-refractivity contribution < 1.29 is 28.3 Å². The molecular weight excluding hydrogens is 199 g/mol. The lowest BCUT2D eigenvalue weighted by molar-refractivity contribution is 0.0395. The van der Waals surface area contributed by atoms with E-state index in [2.05, 4.69) is 11.4 Å². The molecule has 0 saturated carbocycles. The molecule has 0 bridgehead atoms. The van der Waals surface area contributed by atoms with Gasteiger partial charge in [-0.1, -0.05) is 0 Å². The van der Waals surface area contributed by atoms with Crippen LogP contribution in [0.2, 0.25) is 0 Å². The highest BCUT2D eigenvalue weighted by Crippen LogP contribution is 2.35. The van der Waals surface area contributed by atoms with Crippen molar-refractivity contribution in [2.75, 3.05) is 33.0 Å². The largest absolute Gasteiger partial charge is 0.469 e. The number of phosphoric ester groups is 1. The summed E-state index contributed by atoms with van der Waals surface area (Å²) in [5.74, 6) is 0. The lowest BCUT2D eigenvalue weighted by atomic mass is 10.7. The van der Waals surface area contributed by atoms with E-state index in [9.17, 15) is 4.57 Å². The van der Waals surface area contributed by atoms with Crippen molar-refractivity contribution in [1.82, 2.24) is 0 Å². The van der Waals surface area contributed by atoms with E-state index in [-0.39, 0.29) is 13.2 Å². The molecule has 13 heavy (non-hydrogen) atoms. The molecule has 0 aliphatic heterocycles. The average Bonchev–Trinajstić information content (AvgIpc) is 2.01. The predicted molar refractivity (Wildman–Crippen MR) is 45.0 cm³/mol. The van der Waals surface area contributed by atoms with E-state index in [1.807, 2.05) is 0 Å². The van der Waals surface area contributed by atoms with Gasteiger partial charge in [-0.05, 0) is 6.92 Å². The number of phosphoric acid groups is 1. The zero-order valence-electron chi connectivity index (χ0n) is 7.22. The van der Waals surface area contributed by atoms with E-state index in [4.69, 9.17) is 19.3 Å². The van der Waals surface area contributed by atoms with Gasteiger partial charge in [-0.2, -0.15) is 0 Å². The predicted octanol–water partition coefficient (Wildman–Crippen LogP) is -0.0370. The molecule has 0 amide bonds. The van der Waals surface area contributed by atoms with Crippen LogP contribution >= 0.6 is 7.82 Å². The molecule has 0 heterocycles. The van der Waals surface area contributed by atoms with Gasteiger partial charge in [-0.15, -0.1) is 0 Å². The smallest absolute Gasteiger partial charge is 0.379 e. The van der Waals surface area contributed by atoms with E-state index in [1.165, 1.54) is 0 Å². The Morgan fingerprint density at radius 1 is 1.08 bits per heavy atom. The maximum absolute atomic E-state index is 10.2. The van der Waals surface area contributed by atoms with Crippen LogP contribution in [0.15, 0.2) is 0 Å². The van der Waals surface area contributed by atoms with Gasteiger partial charge in [-0.3, -0.25) is 4.52 Å². The number of hydrogen-bond acceptors (Lipinski definition) is 4. The Morgan fingerprint density at radius 3 is 2.15 bits per heavy atom. The van der Waals surface area contributed by atoms with Gasteiger partial charge in [0.15, 0.2) is 0 Å². The first-order valence-electron chi connectivity index (χ1n) is 3.71. The monoisotopic (exact) mass is 213 g/mol. The fourth-order valence-electron chi connectivity index (χ4n) is 0.537. The lowest BCUT2D eigenvalue weighted by Crippen LogP contribution is -2.08. The Morgan fingerprint density at radius 2 is 1.62 bits per heavy atom. The summed E-state index contributed by atoms with van der Waals surface area (Å²) in [7, 11) is -4.35. The van der Waals surface area contributed by atoms with Crippen molar-refractivity contribution in [1.29, 1.82) is 0 Å². The molecule has 0 aromatic carbocycles. The summed E-state index contributed by atoms with van der Waals surface area (Å²) in [5, 5.41) is 0. The van der Waals surface area contributed by atoms with Gasteiger partial charge in [0.1, 0.15) is 0 Å². The van der Waals surface area contributed by atoms with Crippen LogP contribution in [-0.2, 0) is 18.6 Å².